The fraction of sp³-hybridized carbons (Fsp3) is 0.278. The number of carbonyl (C=O) groups is 1. The molecule has 0 fully saturated rings. The summed E-state index contributed by atoms with van der Waals surface area (Å²) in [7, 11) is 0. The second-order valence-electron chi connectivity index (χ2n) is 5.34. The predicted octanol–water partition coefficient (Wildman–Crippen LogP) is 3.75. The Hall–Kier alpha value is -1.78. The number of hydrogen-bond acceptors (Lipinski definition) is 3. The Kier molecular flexibility index (Phi) is 6.04. The number of carbonyl (C=O) groups excluding carboxylic acids is 1. The molecule has 0 heterocycles. The van der Waals surface area contributed by atoms with Crippen LogP contribution in [-0.4, -0.2) is 17.7 Å². The molecule has 22 heavy (non-hydrogen) atoms. The highest BCUT2D eigenvalue weighted by atomic mass is 32.2. The molecular formula is C18H22N2OS. The summed E-state index contributed by atoms with van der Waals surface area (Å²) in [5.41, 5.74) is 9.32. The van der Waals surface area contributed by atoms with Crippen molar-refractivity contribution in [1.29, 1.82) is 0 Å². The second kappa shape index (κ2) is 8.01. The molecule has 1 unspecified atom stereocenters. The highest BCUT2D eigenvalue weighted by Gasteiger charge is 2.13. The number of anilines is 1. The zero-order valence-corrected chi connectivity index (χ0v) is 13.8. The third-order valence-electron chi connectivity index (χ3n) is 3.55. The fourth-order valence-corrected chi connectivity index (χ4v) is 3.03. The Morgan fingerprint density at radius 3 is 2.55 bits per heavy atom. The van der Waals surface area contributed by atoms with Crippen molar-refractivity contribution in [2.75, 3.05) is 11.1 Å². The number of hydrogen-bond donors (Lipinski definition) is 2. The molecule has 0 saturated carbocycles. The topological polar surface area (TPSA) is 55.1 Å². The number of rotatable bonds is 6. The van der Waals surface area contributed by atoms with Crippen molar-refractivity contribution in [2.24, 2.45) is 5.73 Å². The van der Waals surface area contributed by atoms with E-state index in [1.165, 1.54) is 16.0 Å². The van der Waals surface area contributed by atoms with Crippen LogP contribution in [0.5, 0.6) is 0 Å². The van der Waals surface area contributed by atoms with E-state index in [0.717, 1.165) is 11.4 Å². The van der Waals surface area contributed by atoms with Gasteiger partial charge in [0.15, 0.2) is 0 Å². The molecule has 1 atom stereocenters. The van der Waals surface area contributed by atoms with Crippen LogP contribution in [-0.2, 0) is 4.79 Å². The minimum atomic E-state index is -0.487. The van der Waals surface area contributed by atoms with Gasteiger partial charge in [-0.25, -0.2) is 0 Å². The third kappa shape index (κ3) is 4.90. The van der Waals surface area contributed by atoms with E-state index in [1.54, 1.807) is 11.8 Å². The van der Waals surface area contributed by atoms with E-state index in [2.05, 4.69) is 37.4 Å². The third-order valence-corrected chi connectivity index (χ3v) is 4.58. The molecule has 0 spiro atoms. The summed E-state index contributed by atoms with van der Waals surface area (Å²) < 4.78 is 0. The number of nitrogens with one attached hydrogen (secondary N) is 1. The molecular weight excluding hydrogens is 292 g/mol. The summed E-state index contributed by atoms with van der Waals surface area (Å²) in [5.74, 6) is 0.693. The van der Waals surface area contributed by atoms with Gasteiger partial charge in [0.1, 0.15) is 0 Å². The minimum Gasteiger partial charge on any atom is -0.325 e. The van der Waals surface area contributed by atoms with Crippen LogP contribution < -0.4 is 11.1 Å². The van der Waals surface area contributed by atoms with Gasteiger partial charge in [-0.3, -0.25) is 4.79 Å². The van der Waals surface area contributed by atoms with Crippen molar-refractivity contribution >= 4 is 23.4 Å². The van der Waals surface area contributed by atoms with Crippen LogP contribution in [0.25, 0.3) is 0 Å². The Morgan fingerprint density at radius 1 is 1.14 bits per heavy atom. The number of thioether (sulfide) groups is 1. The lowest BCUT2D eigenvalue weighted by molar-refractivity contribution is -0.117. The van der Waals surface area contributed by atoms with Crippen molar-refractivity contribution in [3.8, 4) is 0 Å². The summed E-state index contributed by atoms with van der Waals surface area (Å²) in [4.78, 5) is 13.2. The van der Waals surface area contributed by atoms with Crippen LogP contribution in [0.15, 0.2) is 53.4 Å². The fourth-order valence-electron chi connectivity index (χ4n) is 1.99. The molecule has 1 amide bonds. The summed E-state index contributed by atoms with van der Waals surface area (Å²) >= 11 is 1.74. The van der Waals surface area contributed by atoms with Crippen molar-refractivity contribution < 1.29 is 4.79 Å². The van der Waals surface area contributed by atoms with Crippen molar-refractivity contribution in [2.45, 2.75) is 31.2 Å². The molecule has 0 aliphatic heterocycles. The minimum absolute atomic E-state index is 0.133. The number of nitrogens with two attached hydrogens (primary N) is 1. The highest BCUT2D eigenvalue weighted by molar-refractivity contribution is 7.99. The van der Waals surface area contributed by atoms with Gasteiger partial charge in [-0.05, 0) is 61.4 Å². The average molecular weight is 314 g/mol. The Morgan fingerprint density at radius 2 is 1.86 bits per heavy atom. The highest BCUT2D eigenvalue weighted by Crippen LogP contribution is 2.22. The van der Waals surface area contributed by atoms with Crippen LogP contribution >= 0.6 is 11.8 Å². The van der Waals surface area contributed by atoms with Crippen LogP contribution in [0.2, 0.25) is 0 Å². The van der Waals surface area contributed by atoms with E-state index in [1.807, 2.05) is 30.3 Å². The lowest BCUT2D eigenvalue weighted by atomic mass is 10.1. The van der Waals surface area contributed by atoms with Gasteiger partial charge in [0.05, 0.1) is 6.04 Å². The van der Waals surface area contributed by atoms with Gasteiger partial charge in [0.25, 0.3) is 0 Å². The predicted molar refractivity (Wildman–Crippen MR) is 94.3 cm³/mol. The summed E-state index contributed by atoms with van der Waals surface area (Å²) in [6.07, 6.45) is 0.649. The molecule has 0 bridgehead atoms. The van der Waals surface area contributed by atoms with Crippen LogP contribution in [0, 0.1) is 13.8 Å². The quantitative estimate of drug-likeness (QED) is 0.798. The van der Waals surface area contributed by atoms with E-state index < -0.39 is 6.04 Å². The molecule has 0 aliphatic carbocycles. The maximum Gasteiger partial charge on any atom is 0.241 e. The molecule has 2 aromatic carbocycles. The molecule has 116 valence electrons. The van der Waals surface area contributed by atoms with Gasteiger partial charge in [-0.1, -0.05) is 24.3 Å². The first-order chi connectivity index (χ1) is 10.6. The van der Waals surface area contributed by atoms with Gasteiger partial charge >= 0.3 is 0 Å². The van der Waals surface area contributed by atoms with Gasteiger partial charge in [0.2, 0.25) is 5.91 Å². The molecule has 3 N–H and O–H groups in total. The first-order valence-electron chi connectivity index (χ1n) is 7.38. The zero-order valence-electron chi connectivity index (χ0n) is 13.0. The van der Waals surface area contributed by atoms with Crippen molar-refractivity contribution in [3.63, 3.8) is 0 Å². The van der Waals surface area contributed by atoms with Gasteiger partial charge in [0, 0.05) is 10.6 Å². The van der Waals surface area contributed by atoms with Crippen molar-refractivity contribution in [1.82, 2.24) is 0 Å². The summed E-state index contributed by atoms with van der Waals surface area (Å²) in [6, 6.07) is 15.3. The average Bonchev–Trinajstić information content (AvgIpc) is 2.51. The first kappa shape index (κ1) is 16.6. The summed E-state index contributed by atoms with van der Waals surface area (Å²) in [6.45, 7) is 4.21. The van der Waals surface area contributed by atoms with Gasteiger partial charge < -0.3 is 11.1 Å². The lowest BCUT2D eigenvalue weighted by Gasteiger charge is -2.12. The molecule has 0 aliphatic rings. The molecule has 2 aromatic rings. The van der Waals surface area contributed by atoms with E-state index in [4.69, 9.17) is 5.73 Å². The van der Waals surface area contributed by atoms with Crippen LogP contribution in [0.3, 0.4) is 0 Å². The van der Waals surface area contributed by atoms with Gasteiger partial charge in [-0.15, -0.1) is 11.8 Å². The number of aryl methyl sites for hydroxylation is 2. The lowest BCUT2D eigenvalue weighted by Crippen LogP contribution is -2.36. The zero-order chi connectivity index (χ0) is 15.9. The van der Waals surface area contributed by atoms with Crippen LogP contribution in [0.1, 0.15) is 17.5 Å². The number of para-hydroxylation sites is 1. The Labute approximate surface area is 136 Å². The molecule has 0 aromatic heterocycles. The van der Waals surface area contributed by atoms with Crippen LogP contribution in [0.4, 0.5) is 5.69 Å². The van der Waals surface area contributed by atoms with E-state index in [0.29, 0.717) is 6.42 Å². The van der Waals surface area contributed by atoms with E-state index in [9.17, 15) is 4.79 Å². The SMILES string of the molecule is Cc1ccc(SCCC(N)C(=O)Nc2ccccc2)cc1C. The maximum atomic E-state index is 12.0. The molecule has 0 radical (unpaired) electrons. The molecule has 2 rings (SSSR count). The van der Waals surface area contributed by atoms with E-state index in [-0.39, 0.29) is 5.91 Å². The first-order valence-corrected chi connectivity index (χ1v) is 8.36. The monoisotopic (exact) mass is 314 g/mol. The number of benzene rings is 2. The normalized spacial score (nSPS) is 12.0. The molecule has 3 nitrogen and oxygen atoms in total. The standard InChI is InChI=1S/C18H22N2OS/c1-13-8-9-16(12-14(13)2)22-11-10-17(19)18(21)20-15-6-4-3-5-7-15/h3-9,12,17H,10-11,19H2,1-2H3,(H,20,21). The van der Waals surface area contributed by atoms with Gasteiger partial charge in [-0.2, -0.15) is 0 Å². The Bertz CT molecular complexity index is 628. The second-order valence-corrected chi connectivity index (χ2v) is 6.51. The van der Waals surface area contributed by atoms with Crippen molar-refractivity contribution in [3.05, 3.63) is 59.7 Å². The molecule has 0 saturated heterocycles. The number of amides is 1. The largest absolute Gasteiger partial charge is 0.325 e. The maximum absolute atomic E-state index is 12.0. The Balaban J connectivity index is 1.78. The van der Waals surface area contributed by atoms with E-state index >= 15 is 0 Å². The smallest absolute Gasteiger partial charge is 0.241 e. The summed E-state index contributed by atoms with van der Waals surface area (Å²) in [5, 5.41) is 2.83. The molecule has 4 heteroatoms.